The van der Waals surface area contributed by atoms with Crippen LogP contribution in [0, 0.1) is 0 Å². The van der Waals surface area contributed by atoms with Gasteiger partial charge in [0.25, 0.3) is 5.91 Å². The maximum absolute atomic E-state index is 11.8. The minimum Gasteiger partial charge on any atom is -0.347 e. The lowest BCUT2D eigenvalue weighted by Crippen LogP contribution is -2.43. The Morgan fingerprint density at radius 2 is 2.53 bits per heavy atom. The third-order valence-corrected chi connectivity index (χ3v) is 3.50. The van der Waals surface area contributed by atoms with E-state index in [9.17, 15) is 4.79 Å². The molecule has 1 amide bonds. The van der Waals surface area contributed by atoms with Gasteiger partial charge in [0.15, 0.2) is 5.69 Å². The van der Waals surface area contributed by atoms with E-state index < -0.39 is 0 Å². The van der Waals surface area contributed by atoms with Crippen LogP contribution in [0.3, 0.4) is 0 Å². The van der Waals surface area contributed by atoms with Crippen molar-refractivity contribution in [2.24, 2.45) is 0 Å². The standard InChI is InChI=1S/C10H17N5OS/c1-7(6-17-2)12-10(16)9-5-15(14-13-9)8-3-11-4-8/h5,7-8,11H,3-4,6H2,1-2H3,(H,12,16). The van der Waals surface area contributed by atoms with E-state index in [-0.39, 0.29) is 11.9 Å². The number of carbonyl (C=O) groups is 1. The van der Waals surface area contributed by atoms with Crippen LogP contribution in [0.25, 0.3) is 0 Å². The van der Waals surface area contributed by atoms with Crippen molar-refractivity contribution in [1.82, 2.24) is 25.6 Å². The number of rotatable bonds is 5. The monoisotopic (exact) mass is 255 g/mol. The molecule has 1 aromatic rings. The number of nitrogens with zero attached hydrogens (tertiary/aromatic N) is 3. The molecule has 1 aromatic heterocycles. The molecule has 1 aliphatic heterocycles. The summed E-state index contributed by atoms with van der Waals surface area (Å²) in [5.41, 5.74) is 0.393. The van der Waals surface area contributed by atoms with Crippen LogP contribution < -0.4 is 10.6 Å². The summed E-state index contributed by atoms with van der Waals surface area (Å²) in [6.07, 6.45) is 3.73. The molecule has 1 fully saturated rings. The fourth-order valence-corrected chi connectivity index (χ4v) is 2.19. The van der Waals surface area contributed by atoms with Crippen molar-refractivity contribution in [1.29, 1.82) is 0 Å². The summed E-state index contributed by atoms with van der Waals surface area (Å²) < 4.78 is 1.75. The van der Waals surface area contributed by atoms with Crippen molar-refractivity contribution in [3.8, 4) is 0 Å². The molecule has 1 saturated heterocycles. The smallest absolute Gasteiger partial charge is 0.273 e. The van der Waals surface area contributed by atoms with E-state index in [1.54, 1.807) is 22.6 Å². The van der Waals surface area contributed by atoms with Gasteiger partial charge in [-0.05, 0) is 13.2 Å². The van der Waals surface area contributed by atoms with Crippen LogP contribution in [0.4, 0.5) is 0 Å². The van der Waals surface area contributed by atoms with Crippen molar-refractivity contribution in [3.63, 3.8) is 0 Å². The van der Waals surface area contributed by atoms with Crippen LogP contribution >= 0.6 is 11.8 Å². The van der Waals surface area contributed by atoms with E-state index in [1.807, 2.05) is 13.2 Å². The highest BCUT2D eigenvalue weighted by molar-refractivity contribution is 7.98. The Bertz CT molecular complexity index is 390. The van der Waals surface area contributed by atoms with Gasteiger partial charge in [0.2, 0.25) is 0 Å². The zero-order valence-electron chi connectivity index (χ0n) is 10.0. The van der Waals surface area contributed by atoms with Gasteiger partial charge in [-0.15, -0.1) is 5.10 Å². The molecule has 0 aliphatic carbocycles. The van der Waals surface area contributed by atoms with Gasteiger partial charge in [0.05, 0.1) is 12.2 Å². The molecule has 0 saturated carbocycles. The highest BCUT2D eigenvalue weighted by atomic mass is 32.2. The first-order chi connectivity index (χ1) is 8.20. The molecule has 0 spiro atoms. The molecule has 2 heterocycles. The van der Waals surface area contributed by atoms with Crippen LogP contribution in [0.2, 0.25) is 0 Å². The van der Waals surface area contributed by atoms with Gasteiger partial charge in [-0.25, -0.2) is 4.68 Å². The van der Waals surface area contributed by atoms with E-state index >= 15 is 0 Å². The van der Waals surface area contributed by atoms with Gasteiger partial charge in [-0.2, -0.15) is 11.8 Å². The van der Waals surface area contributed by atoms with Crippen molar-refractivity contribution < 1.29 is 4.79 Å². The van der Waals surface area contributed by atoms with Crippen molar-refractivity contribution in [2.75, 3.05) is 25.1 Å². The second-order valence-electron chi connectivity index (χ2n) is 4.23. The van der Waals surface area contributed by atoms with Gasteiger partial charge in [0.1, 0.15) is 0 Å². The normalized spacial score (nSPS) is 17.5. The first-order valence-electron chi connectivity index (χ1n) is 5.63. The average molecular weight is 255 g/mol. The largest absolute Gasteiger partial charge is 0.347 e. The summed E-state index contributed by atoms with van der Waals surface area (Å²) >= 11 is 1.71. The molecule has 0 bridgehead atoms. The Morgan fingerprint density at radius 1 is 1.76 bits per heavy atom. The number of carbonyl (C=O) groups excluding carboxylic acids is 1. The molecule has 7 heteroatoms. The molecular weight excluding hydrogens is 238 g/mol. The zero-order chi connectivity index (χ0) is 12.3. The van der Waals surface area contributed by atoms with E-state index in [0.29, 0.717) is 11.7 Å². The molecule has 0 radical (unpaired) electrons. The van der Waals surface area contributed by atoms with Gasteiger partial charge >= 0.3 is 0 Å². The van der Waals surface area contributed by atoms with E-state index in [0.717, 1.165) is 18.8 Å². The van der Waals surface area contributed by atoms with Gasteiger partial charge in [-0.3, -0.25) is 4.79 Å². The van der Waals surface area contributed by atoms with Crippen molar-refractivity contribution >= 4 is 17.7 Å². The molecule has 94 valence electrons. The van der Waals surface area contributed by atoms with Crippen LogP contribution in [0.15, 0.2) is 6.20 Å². The van der Waals surface area contributed by atoms with Gasteiger partial charge < -0.3 is 10.6 Å². The van der Waals surface area contributed by atoms with Gasteiger partial charge in [-0.1, -0.05) is 5.21 Å². The maximum atomic E-state index is 11.8. The lowest BCUT2D eigenvalue weighted by atomic mass is 10.2. The lowest BCUT2D eigenvalue weighted by Gasteiger charge is -2.26. The molecule has 2 rings (SSSR count). The van der Waals surface area contributed by atoms with Crippen LogP contribution in [0.1, 0.15) is 23.5 Å². The second kappa shape index (κ2) is 5.50. The molecule has 1 aliphatic rings. The molecule has 6 nitrogen and oxygen atoms in total. The van der Waals surface area contributed by atoms with Gasteiger partial charge in [0, 0.05) is 24.9 Å². The number of aromatic nitrogens is 3. The summed E-state index contributed by atoms with van der Waals surface area (Å²) in [6, 6.07) is 0.487. The Labute approximate surface area is 105 Å². The summed E-state index contributed by atoms with van der Waals surface area (Å²) in [5, 5.41) is 13.9. The predicted molar refractivity (Wildman–Crippen MR) is 67.2 cm³/mol. The van der Waals surface area contributed by atoms with E-state index in [1.165, 1.54) is 0 Å². The van der Waals surface area contributed by atoms with E-state index in [4.69, 9.17) is 0 Å². The number of nitrogens with one attached hydrogen (secondary N) is 2. The summed E-state index contributed by atoms with van der Waals surface area (Å²) in [6.45, 7) is 3.77. The fraction of sp³-hybridized carbons (Fsp3) is 0.700. The fourth-order valence-electron chi connectivity index (χ4n) is 1.61. The molecular formula is C10H17N5OS. The van der Waals surface area contributed by atoms with Crippen molar-refractivity contribution in [3.05, 3.63) is 11.9 Å². The Hall–Kier alpha value is -1.08. The summed E-state index contributed by atoms with van der Waals surface area (Å²) in [5.74, 6) is 0.747. The van der Waals surface area contributed by atoms with Crippen LogP contribution in [-0.4, -0.2) is 52.0 Å². The first kappa shape index (κ1) is 12.4. The number of hydrogen-bond acceptors (Lipinski definition) is 5. The number of amides is 1. The summed E-state index contributed by atoms with van der Waals surface area (Å²) in [7, 11) is 0. The third-order valence-electron chi connectivity index (χ3n) is 2.67. The third kappa shape index (κ3) is 2.98. The van der Waals surface area contributed by atoms with Crippen molar-refractivity contribution in [2.45, 2.75) is 19.0 Å². The first-order valence-corrected chi connectivity index (χ1v) is 7.02. The average Bonchev–Trinajstić information content (AvgIpc) is 2.64. The number of hydrogen-bond donors (Lipinski definition) is 2. The van der Waals surface area contributed by atoms with Crippen LogP contribution in [-0.2, 0) is 0 Å². The van der Waals surface area contributed by atoms with E-state index in [2.05, 4.69) is 20.9 Å². The Kier molecular flexibility index (Phi) is 4.01. The minimum atomic E-state index is -0.148. The summed E-state index contributed by atoms with van der Waals surface area (Å²) in [4.78, 5) is 11.8. The topological polar surface area (TPSA) is 71.8 Å². The molecule has 0 aromatic carbocycles. The molecule has 1 unspecified atom stereocenters. The molecule has 2 N–H and O–H groups in total. The van der Waals surface area contributed by atoms with Crippen LogP contribution in [0.5, 0.6) is 0 Å². The molecule has 1 atom stereocenters. The SMILES string of the molecule is CSCC(C)NC(=O)c1cn(C2CNC2)nn1. The maximum Gasteiger partial charge on any atom is 0.273 e. The minimum absolute atomic E-state index is 0.146. The predicted octanol–water partition coefficient (Wildman–Crippen LogP) is -0.0963. The Morgan fingerprint density at radius 3 is 3.12 bits per heavy atom. The number of thioether (sulfide) groups is 1. The Balaban J connectivity index is 1.92. The quantitative estimate of drug-likeness (QED) is 0.769. The second-order valence-corrected chi connectivity index (χ2v) is 5.14. The molecule has 17 heavy (non-hydrogen) atoms. The lowest BCUT2D eigenvalue weighted by molar-refractivity contribution is 0.0938. The zero-order valence-corrected chi connectivity index (χ0v) is 10.8. The highest BCUT2D eigenvalue weighted by Crippen LogP contribution is 2.09. The highest BCUT2D eigenvalue weighted by Gasteiger charge is 2.21.